The van der Waals surface area contributed by atoms with E-state index in [0.717, 1.165) is 32.7 Å². The number of carbonyl (C=O) groups is 2. The van der Waals surface area contributed by atoms with E-state index in [-0.39, 0.29) is 17.7 Å². The van der Waals surface area contributed by atoms with Crippen LogP contribution in [0.15, 0.2) is 54.6 Å². The lowest BCUT2D eigenvalue weighted by Crippen LogP contribution is -2.51. The van der Waals surface area contributed by atoms with Gasteiger partial charge < -0.3 is 9.80 Å². The predicted octanol–water partition coefficient (Wildman–Crippen LogP) is 3.02. The fourth-order valence-electron chi connectivity index (χ4n) is 4.36. The normalized spacial score (nSPS) is 18.4. The van der Waals surface area contributed by atoms with Gasteiger partial charge in [0, 0.05) is 57.3 Å². The zero-order valence-electron chi connectivity index (χ0n) is 17.2. The minimum Gasteiger partial charge on any atom is -0.340 e. The Balaban J connectivity index is 1.24. The van der Waals surface area contributed by atoms with Crippen molar-refractivity contribution in [2.75, 3.05) is 39.3 Å². The van der Waals surface area contributed by atoms with Crippen LogP contribution in [0.2, 0.25) is 0 Å². The van der Waals surface area contributed by atoms with Crippen LogP contribution in [-0.4, -0.2) is 65.8 Å². The molecule has 2 aromatic carbocycles. The summed E-state index contributed by atoms with van der Waals surface area (Å²) in [6.07, 6.45) is 1.34. The second kappa shape index (κ2) is 9.39. The monoisotopic (exact) mass is 409 g/mol. The molecule has 0 spiro atoms. The number of benzene rings is 2. The molecule has 2 aromatic rings. The predicted molar refractivity (Wildman–Crippen MR) is 113 cm³/mol. The van der Waals surface area contributed by atoms with Crippen molar-refractivity contribution in [3.63, 3.8) is 0 Å². The first-order chi connectivity index (χ1) is 14.6. The standard InChI is InChI=1S/C24H28FN3O2/c25-22-8-4-7-21(17-22)24(30)27-11-9-20(10-12-27)23(29)28-15-13-26(14-16-28)18-19-5-2-1-3-6-19/h1-8,17,20H,9-16,18H2. The highest BCUT2D eigenvalue weighted by Gasteiger charge is 2.32. The van der Waals surface area contributed by atoms with Gasteiger partial charge in [0.05, 0.1) is 0 Å². The Bertz CT molecular complexity index is 873. The fraction of sp³-hybridized carbons (Fsp3) is 0.417. The Morgan fingerprint density at radius 3 is 2.20 bits per heavy atom. The molecule has 0 saturated carbocycles. The lowest BCUT2D eigenvalue weighted by Gasteiger charge is -2.38. The van der Waals surface area contributed by atoms with Crippen LogP contribution in [0.4, 0.5) is 4.39 Å². The van der Waals surface area contributed by atoms with E-state index in [1.165, 1.54) is 17.7 Å². The van der Waals surface area contributed by atoms with Gasteiger partial charge in [-0.15, -0.1) is 0 Å². The zero-order chi connectivity index (χ0) is 20.9. The molecule has 0 aliphatic carbocycles. The second-order valence-electron chi connectivity index (χ2n) is 8.16. The van der Waals surface area contributed by atoms with Crippen LogP contribution >= 0.6 is 0 Å². The van der Waals surface area contributed by atoms with E-state index in [1.54, 1.807) is 17.0 Å². The lowest BCUT2D eigenvalue weighted by atomic mass is 9.94. The molecule has 158 valence electrons. The Morgan fingerprint density at radius 2 is 1.53 bits per heavy atom. The summed E-state index contributed by atoms with van der Waals surface area (Å²) in [6, 6.07) is 16.2. The number of likely N-dealkylation sites (tertiary alicyclic amines) is 1. The van der Waals surface area contributed by atoms with Gasteiger partial charge in [0.15, 0.2) is 0 Å². The highest BCUT2D eigenvalue weighted by atomic mass is 19.1. The van der Waals surface area contributed by atoms with E-state index < -0.39 is 5.82 Å². The van der Waals surface area contributed by atoms with Crippen LogP contribution in [0.1, 0.15) is 28.8 Å². The van der Waals surface area contributed by atoms with Gasteiger partial charge in [0.2, 0.25) is 5.91 Å². The first-order valence-corrected chi connectivity index (χ1v) is 10.7. The minimum atomic E-state index is -0.405. The average Bonchev–Trinajstić information content (AvgIpc) is 2.79. The number of amides is 2. The molecule has 0 unspecified atom stereocenters. The first-order valence-electron chi connectivity index (χ1n) is 10.7. The third-order valence-electron chi connectivity index (χ3n) is 6.14. The van der Waals surface area contributed by atoms with Crippen LogP contribution in [-0.2, 0) is 11.3 Å². The molecule has 2 aliphatic heterocycles. The number of piperidine rings is 1. The van der Waals surface area contributed by atoms with Crippen molar-refractivity contribution in [3.8, 4) is 0 Å². The zero-order valence-corrected chi connectivity index (χ0v) is 17.2. The molecular formula is C24H28FN3O2. The number of halogens is 1. The maximum atomic E-state index is 13.4. The molecule has 2 heterocycles. The molecule has 0 N–H and O–H groups in total. The van der Waals surface area contributed by atoms with E-state index in [0.29, 0.717) is 31.5 Å². The molecule has 4 rings (SSSR count). The molecule has 2 fully saturated rings. The van der Waals surface area contributed by atoms with E-state index in [9.17, 15) is 14.0 Å². The molecule has 0 bridgehead atoms. The molecule has 2 aliphatic rings. The van der Waals surface area contributed by atoms with Crippen molar-refractivity contribution >= 4 is 11.8 Å². The van der Waals surface area contributed by atoms with E-state index in [4.69, 9.17) is 0 Å². The van der Waals surface area contributed by atoms with E-state index >= 15 is 0 Å². The van der Waals surface area contributed by atoms with Gasteiger partial charge in [-0.05, 0) is 36.6 Å². The van der Waals surface area contributed by atoms with Crippen LogP contribution in [0.3, 0.4) is 0 Å². The molecule has 0 radical (unpaired) electrons. The number of hydrogen-bond acceptors (Lipinski definition) is 3. The topological polar surface area (TPSA) is 43.9 Å². The minimum absolute atomic E-state index is 0.0257. The summed E-state index contributed by atoms with van der Waals surface area (Å²) in [5.41, 5.74) is 1.67. The SMILES string of the molecule is O=C(c1cccc(F)c1)N1CCC(C(=O)N2CCN(Cc3ccccc3)CC2)CC1. The van der Waals surface area contributed by atoms with Crippen LogP contribution < -0.4 is 0 Å². The van der Waals surface area contributed by atoms with Gasteiger partial charge in [-0.25, -0.2) is 4.39 Å². The summed E-state index contributed by atoms with van der Waals surface area (Å²) in [7, 11) is 0. The highest BCUT2D eigenvalue weighted by molar-refractivity contribution is 5.94. The fourth-order valence-corrected chi connectivity index (χ4v) is 4.36. The van der Waals surface area contributed by atoms with Gasteiger partial charge in [-0.2, -0.15) is 0 Å². The van der Waals surface area contributed by atoms with Crippen molar-refractivity contribution in [1.29, 1.82) is 0 Å². The Kier molecular flexibility index (Phi) is 6.43. The Hall–Kier alpha value is -2.73. The molecule has 30 heavy (non-hydrogen) atoms. The number of piperazine rings is 1. The van der Waals surface area contributed by atoms with Gasteiger partial charge in [0.25, 0.3) is 5.91 Å². The third kappa shape index (κ3) is 4.87. The summed E-state index contributed by atoms with van der Waals surface area (Å²) >= 11 is 0. The molecule has 2 saturated heterocycles. The van der Waals surface area contributed by atoms with Crippen molar-refractivity contribution in [3.05, 3.63) is 71.5 Å². The third-order valence-corrected chi connectivity index (χ3v) is 6.14. The number of rotatable bonds is 4. The van der Waals surface area contributed by atoms with Gasteiger partial charge >= 0.3 is 0 Å². The van der Waals surface area contributed by atoms with Gasteiger partial charge in [0.1, 0.15) is 5.82 Å². The second-order valence-corrected chi connectivity index (χ2v) is 8.16. The number of carbonyl (C=O) groups excluding carboxylic acids is 2. The molecule has 5 nitrogen and oxygen atoms in total. The maximum absolute atomic E-state index is 13.4. The van der Waals surface area contributed by atoms with E-state index in [2.05, 4.69) is 29.2 Å². The molecule has 0 aromatic heterocycles. The maximum Gasteiger partial charge on any atom is 0.253 e. The molecule has 0 atom stereocenters. The van der Waals surface area contributed by atoms with Crippen LogP contribution in [0.25, 0.3) is 0 Å². The van der Waals surface area contributed by atoms with Crippen LogP contribution in [0, 0.1) is 11.7 Å². The Labute approximate surface area is 177 Å². The summed E-state index contributed by atoms with van der Waals surface area (Å²) in [6.45, 7) is 5.29. The lowest BCUT2D eigenvalue weighted by molar-refractivity contribution is -0.138. The summed E-state index contributed by atoms with van der Waals surface area (Å²) in [5.74, 6) is -0.373. The van der Waals surface area contributed by atoms with Crippen LogP contribution in [0.5, 0.6) is 0 Å². The Morgan fingerprint density at radius 1 is 0.833 bits per heavy atom. The summed E-state index contributed by atoms with van der Waals surface area (Å²) in [4.78, 5) is 31.6. The largest absolute Gasteiger partial charge is 0.340 e. The van der Waals surface area contributed by atoms with Crippen molar-refractivity contribution < 1.29 is 14.0 Å². The van der Waals surface area contributed by atoms with Gasteiger partial charge in [-0.1, -0.05) is 36.4 Å². The summed E-state index contributed by atoms with van der Waals surface area (Å²) in [5, 5.41) is 0. The first kappa shape index (κ1) is 20.5. The molecule has 2 amide bonds. The van der Waals surface area contributed by atoms with Crippen molar-refractivity contribution in [1.82, 2.24) is 14.7 Å². The average molecular weight is 410 g/mol. The quantitative estimate of drug-likeness (QED) is 0.780. The smallest absolute Gasteiger partial charge is 0.253 e. The van der Waals surface area contributed by atoms with Gasteiger partial charge in [-0.3, -0.25) is 14.5 Å². The van der Waals surface area contributed by atoms with Crippen molar-refractivity contribution in [2.24, 2.45) is 5.92 Å². The van der Waals surface area contributed by atoms with Crippen molar-refractivity contribution in [2.45, 2.75) is 19.4 Å². The number of hydrogen-bond donors (Lipinski definition) is 0. The molecule has 6 heteroatoms. The molecular weight excluding hydrogens is 381 g/mol. The van der Waals surface area contributed by atoms with E-state index in [1.807, 2.05) is 11.0 Å². The highest BCUT2D eigenvalue weighted by Crippen LogP contribution is 2.22. The number of nitrogens with zero attached hydrogens (tertiary/aromatic N) is 3. The summed E-state index contributed by atoms with van der Waals surface area (Å²) < 4.78 is 13.4.